The van der Waals surface area contributed by atoms with E-state index in [4.69, 9.17) is 11.5 Å². The van der Waals surface area contributed by atoms with Crippen molar-refractivity contribution in [2.45, 2.75) is 38.1 Å². The lowest BCUT2D eigenvalue weighted by molar-refractivity contribution is -0.384. The van der Waals surface area contributed by atoms with Gasteiger partial charge >= 0.3 is 0 Å². The van der Waals surface area contributed by atoms with Gasteiger partial charge in [0.05, 0.1) is 28.4 Å². The van der Waals surface area contributed by atoms with Gasteiger partial charge in [-0.25, -0.2) is 4.98 Å². The zero-order valence-corrected chi connectivity index (χ0v) is 20.3. The highest BCUT2D eigenvalue weighted by Crippen LogP contribution is 2.30. The summed E-state index contributed by atoms with van der Waals surface area (Å²) in [6, 6.07) is 11.7. The first kappa shape index (κ1) is 24.4. The number of rotatable bonds is 8. The molecule has 0 aliphatic heterocycles. The number of non-ortho nitro benzene ring substituents is 1. The molecule has 5 rings (SSSR count). The summed E-state index contributed by atoms with van der Waals surface area (Å²) in [6.07, 6.45) is 5.55. The minimum absolute atomic E-state index is 0.00921. The van der Waals surface area contributed by atoms with E-state index in [1.165, 1.54) is 12.1 Å². The second kappa shape index (κ2) is 10.4. The summed E-state index contributed by atoms with van der Waals surface area (Å²) in [6.45, 7) is 0.649. The highest BCUT2D eigenvalue weighted by Gasteiger charge is 2.28. The number of nitro groups is 1. The Morgan fingerprint density at radius 3 is 2.76 bits per heavy atom. The average molecular weight is 503 g/mol. The zero-order chi connectivity index (χ0) is 25.9. The Balaban J connectivity index is 1.40. The Morgan fingerprint density at radius 1 is 1.19 bits per heavy atom. The molecule has 1 aliphatic rings. The fraction of sp³-hybridized carbons (Fsp3) is 0.346. The van der Waals surface area contributed by atoms with Gasteiger partial charge in [0.25, 0.3) is 5.69 Å². The summed E-state index contributed by atoms with van der Waals surface area (Å²) < 4.78 is 0. The third kappa shape index (κ3) is 5.31. The minimum Gasteiger partial charge on any atom is -0.382 e. The third-order valence-corrected chi connectivity index (χ3v) is 7.26. The molecule has 2 aromatic heterocycles. The molecule has 1 atom stereocenters. The third-order valence-electron chi connectivity index (χ3n) is 7.26. The van der Waals surface area contributed by atoms with E-state index in [2.05, 4.69) is 25.5 Å². The van der Waals surface area contributed by atoms with Crippen LogP contribution in [0.5, 0.6) is 0 Å². The molecule has 0 saturated heterocycles. The van der Waals surface area contributed by atoms with Crippen LogP contribution in [0, 0.1) is 22.0 Å². The highest BCUT2D eigenvalue weighted by molar-refractivity contribution is 5.91. The van der Waals surface area contributed by atoms with E-state index in [9.17, 15) is 14.9 Å². The number of anilines is 1. The van der Waals surface area contributed by atoms with Crippen LogP contribution in [0.2, 0.25) is 0 Å². The van der Waals surface area contributed by atoms with Crippen LogP contribution in [0.3, 0.4) is 0 Å². The molecule has 0 bridgehead atoms. The van der Waals surface area contributed by atoms with Gasteiger partial charge in [0, 0.05) is 35.4 Å². The zero-order valence-electron chi connectivity index (χ0n) is 20.3. The smallest absolute Gasteiger partial charge is 0.269 e. The number of nitrogens with one attached hydrogen (secondary N) is 3. The van der Waals surface area contributed by atoms with E-state index in [1.54, 1.807) is 12.3 Å². The number of nitrogen functional groups attached to an aromatic ring is 1. The van der Waals surface area contributed by atoms with Crippen LogP contribution in [0.1, 0.15) is 43.1 Å². The Kier molecular flexibility index (Phi) is 6.87. The molecule has 37 heavy (non-hydrogen) atoms. The van der Waals surface area contributed by atoms with Crippen LogP contribution in [0.4, 0.5) is 11.5 Å². The number of aromatic nitrogens is 4. The van der Waals surface area contributed by atoms with Crippen molar-refractivity contribution in [2.75, 3.05) is 12.3 Å². The van der Waals surface area contributed by atoms with E-state index < -0.39 is 11.0 Å². The Bertz CT molecular complexity index is 1420. The number of carbonyl (C=O) groups excluding carboxylic acids is 1. The number of nitrogens with two attached hydrogens (primary N) is 2. The SMILES string of the molecule is NCC1CCC(C(=O)NC(Cc2cccc([N+](=O)[O-])c2)c2ncc(-c3ccc4c(N)n[nH]c4c3)[nH]2)CC1. The Labute approximate surface area is 213 Å². The maximum Gasteiger partial charge on any atom is 0.269 e. The number of amides is 1. The first-order chi connectivity index (χ1) is 17.9. The van der Waals surface area contributed by atoms with Gasteiger partial charge in [0.2, 0.25) is 5.91 Å². The van der Waals surface area contributed by atoms with Gasteiger partial charge in [0.15, 0.2) is 5.82 Å². The summed E-state index contributed by atoms with van der Waals surface area (Å²) in [5.41, 5.74) is 14.9. The molecule has 2 aromatic carbocycles. The molecule has 2 heterocycles. The molecular weight excluding hydrogens is 472 g/mol. The van der Waals surface area contributed by atoms with Gasteiger partial charge in [-0.15, -0.1) is 0 Å². The van der Waals surface area contributed by atoms with E-state index in [0.29, 0.717) is 30.5 Å². The monoisotopic (exact) mass is 502 g/mol. The fourth-order valence-electron chi connectivity index (χ4n) is 5.07. The van der Waals surface area contributed by atoms with Crippen molar-refractivity contribution in [1.82, 2.24) is 25.5 Å². The second-order valence-corrected chi connectivity index (χ2v) is 9.70. The quantitative estimate of drug-likeness (QED) is 0.180. The summed E-state index contributed by atoms with van der Waals surface area (Å²) in [5.74, 6) is 1.37. The van der Waals surface area contributed by atoms with Gasteiger partial charge in [-0.05, 0) is 55.8 Å². The van der Waals surface area contributed by atoms with Gasteiger partial charge in [0.1, 0.15) is 5.82 Å². The van der Waals surface area contributed by atoms with Crippen molar-refractivity contribution < 1.29 is 9.72 Å². The topological polar surface area (TPSA) is 182 Å². The van der Waals surface area contributed by atoms with Gasteiger partial charge in [-0.3, -0.25) is 20.0 Å². The number of nitro benzene ring substituents is 1. The Morgan fingerprint density at radius 2 is 2.00 bits per heavy atom. The van der Waals surface area contributed by atoms with Crippen LogP contribution in [-0.2, 0) is 11.2 Å². The largest absolute Gasteiger partial charge is 0.382 e. The predicted molar refractivity (Wildman–Crippen MR) is 140 cm³/mol. The van der Waals surface area contributed by atoms with E-state index in [-0.39, 0.29) is 17.5 Å². The summed E-state index contributed by atoms with van der Waals surface area (Å²) in [5, 5.41) is 22.3. The number of nitrogens with zero attached hydrogens (tertiary/aromatic N) is 3. The van der Waals surface area contributed by atoms with Crippen molar-refractivity contribution in [2.24, 2.45) is 17.6 Å². The highest BCUT2D eigenvalue weighted by atomic mass is 16.6. The summed E-state index contributed by atoms with van der Waals surface area (Å²) in [4.78, 5) is 32.1. The number of H-pyrrole nitrogens is 2. The van der Waals surface area contributed by atoms with Crippen LogP contribution in [0.25, 0.3) is 22.2 Å². The summed E-state index contributed by atoms with van der Waals surface area (Å²) >= 11 is 0. The van der Waals surface area contributed by atoms with Gasteiger partial charge in [-0.1, -0.05) is 18.2 Å². The number of hydrogen-bond acceptors (Lipinski definition) is 7. The first-order valence-electron chi connectivity index (χ1n) is 12.4. The molecule has 11 nitrogen and oxygen atoms in total. The Hall–Kier alpha value is -4.25. The lowest BCUT2D eigenvalue weighted by Crippen LogP contribution is -2.37. The fourth-order valence-corrected chi connectivity index (χ4v) is 5.07. The maximum atomic E-state index is 13.3. The molecule has 4 aromatic rings. The molecule has 7 N–H and O–H groups in total. The number of aromatic amines is 2. The van der Waals surface area contributed by atoms with Crippen molar-refractivity contribution >= 4 is 28.3 Å². The molecule has 11 heteroatoms. The molecule has 1 aliphatic carbocycles. The number of benzene rings is 2. The molecule has 1 unspecified atom stereocenters. The van der Waals surface area contributed by atoms with Crippen molar-refractivity contribution in [3.63, 3.8) is 0 Å². The van der Waals surface area contributed by atoms with Gasteiger partial charge < -0.3 is 21.8 Å². The molecule has 1 saturated carbocycles. The van der Waals surface area contributed by atoms with Gasteiger partial charge in [-0.2, -0.15) is 5.10 Å². The molecule has 0 spiro atoms. The number of fused-ring (bicyclic) bond motifs is 1. The van der Waals surface area contributed by atoms with Crippen LogP contribution in [-0.4, -0.2) is 37.5 Å². The van der Waals surface area contributed by atoms with Crippen LogP contribution < -0.4 is 16.8 Å². The van der Waals surface area contributed by atoms with E-state index in [1.807, 2.05) is 24.3 Å². The van der Waals surface area contributed by atoms with Crippen LogP contribution >= 0.6 is 0 Å². The van der Waals surface area contributed by atoms with E-state index in [0.717, 1.165) is 53.4 Å². The molecule has 1 amide bonds. The number of imidazole rings is 1. The lowest BCUT2D eigenvalue weighted by Gasteiger charge is -2.28. The minimum atomic E-state index is -0.484. The molecule has 0 radical (unpaired) electrons. The van der Waals surface area contributed by atoms with Crippen LogP contribution in [0.15, 0.2) is 48.7 Å². The maximum absolute atomic E-state index is 13.3. The summed E-state index contributed by atoms with van der Waals surface area (Å²) in [7, 11) is 0. The predicted octanol–water partition coefficient (Wildman–Crippen LogP) is 3.61. The average Bonchev–Trinajstić information content (AvgIpc) is 3.55. The normalized spacial score (nSPS) is 18.5. The van der Waals surface area contributed by atoms with Crippen molar-refractivity contribution in [1.29, 1.82) is 0 Å². The standard InChI is InChI=1S/C26H30N8O3/c27-13-15-4-6-17(7-5-15)26(35)31-22(11-16-2-1-3-19(10-16)34(36)37)25-29-14-23(30-25)18-8-9-20-21(12-18)32-33-24(20)28/h1-3,8-10,12,14-15,17,22H,4-7,11,13,27H2,(H,29,30)(H,31,35)(H3,28,32,33). The number of hydrogen-bond donors (Lipinski definition) is 5. The van der Waals surface area contributed by atoms with Crippen molar-refractivity contribution in [3.8, 4) is 11.3 Å². The molecule has 192 valence electrons. The number of carbonyl (C=O) groups is 1. The molecular formula is C26H30N8O3. The second-order valence-electron chi connectivity index (χ2n) is 9.70. The molecule has 1 fully saturated rings. The first-order valence-corrected chi connectivity index (χ1v) is 12.4. The lowest BCUT2D eigenvalue weighted by atomic mass is 9.81. The van der Waals surface area contributed by atoms with Crippen molar-refractivity contribution in [3.05, 3.63) is 70.2 Å². The van der Waals surface area contributed by atoms with E-state index >= 15 is 0 Å².